The van der Waals surface area contributed by atoms with Crippen molar-refractivity contribution in [1.29, 1.82) is 0 Å². The van der Waals surface area contributed by atoms with Crippen molar-refractivity contribution in [3.05, 3.63) is 11.6 Å². The SMILES string of the molecule is CSC(N)=NCC=C(C)C. The standard InChI is InChI=1S/C7H14N2S/c1-6(2)4-5-9-7(8)10-3/h4H,5H2,1-3H3,(H2,8,9). The topological polar surface area (TPSA) is 38.4 Å². The van der Waals surface area contributed by atoms with Crippen LogP contribution in [0.15, 0.2) is 16.6 Å². The first-order valence-corrected chi connectivity index (χ1v) is 4.36. The molecule has 0 aromatic carbocycles. The Bertz CT molecular complexity index is 146. The molecule has 0 aromatic rings. The summed E-state index contributed by atoms with van der Waals surface area (Å²) in [6, 6.07) is 0. The minimum absolute atomic E-state index is 0.650. The Balaban J connectivity index is 3.63. The van der Waals surface area contributed by atoms with Crippen LogP contribution >= 0.6 is 11.8 Å². The summed E-state index contributed by atoms with van der Waals surface area (Å²) in [6.07, 6.45) is 3.96. The molecular formula is C7H14N2S. The van der Waals surface area contributed by atoms with Crippen molar-refractivity contribution in [3.8, 4) is 0 Å². The molecule has 2 nitrogen and oxygen atoms in total. The van der Waals surface area contributed by atoms with Crippen molar-refractivity contribution in [3.63, 3.8) is 0 Å². The second-order valence-corrected chi connectivity index (χ2v) is 2.99. The van der Waals surface area contributed by atoms with Gasteiger partial charge in [0.05, 0.1) is 6.54 Å². The fourth-order valence-electron chi connectivity index (χ4n) is 0.383. The third kappa shape index (κ3) is 5.69. The van der Waals surface area contributed by atoms with Gasteiger partial charge in [-0.1, -0.05) is 23.4 Å². The number of thioether (sulfide) groups is 1. The molecule has 0 radical (unpaired) electrons. The van der Waals surface area contributed by atoms with Gasteiger partial charge in [0.25, 0.3) is 0 Å². The maximum Gasteiger partial charge on any atom is 0.153 e. The predicted octanol–water partition coefficient (Wildman–Crippen LogP) is 1.63. The molecule has 0 aromatic heterocycles. The highest BCUT2D eigenvalue weighted by atomic mass is 32.2. The van der Waals surface area contributed by atoms with E-state index in [-0.39, 0.29) is 0 Å². The molecule has 0 rings (SSSR count). The molecule has 0 saturated heterocycles. The average Bonchev–Trinajstić information content (AvgIpc) is 1.87. The molecular weight excluding hydrogens is 144 g/mol. The molecule has 0 spiro atoms. The van der Waals surface area contributed by atoms with Gasteiger partial charge in [0.15, 0.2) is 5.17 Å². The second-order valence-electron chi connectivity index (χ2n) is 2.16. The van der Waals surface area contributed by atoms with Gasteiger partial charge >= 0.3 is 0 Å². The highest BCUT2D eigenvalue weighted by molar-refractivity contribution is 8.13. The maximum atomic E-state index is 5.44. The van der Waals surface area contributed by atoms with Gasteiger partial charge in [-0.15, -0.1) is 0 Å². The summed E-state index contributed by atoms with van der Waals surface area (Å²) in [5.74, 6) is 0. The molecule has 0 aliphatic heterocycles. The maximum absolute atomic E-state index is 5.44. The zero-order valence-corrected chi connectivity index (χ0v) is 7.53. The van der Waals surface area contributed by atoms with Crippen LogP contribution in [-0.2, 0) is 0 Å². The fraction of sp³-hybridized carbons (Fsp3) is 0.571. The third-order valence-electron chi connectivity index (χ3n) is 0.956. The second kappa shape index (κ2) is 5.35. The Labute approximate surface area is 66.6 Å². The average molecular weight is 158 g/mol. The highest BCUT2D eigenvalue weighted by Crippen LogP contribution is 1.92. The molecule has 0 aliphatic rings. The number of aliphatic imine (C=N–C) groups is 1. The Morgan fingerprint density at radius 1 is 1.60 bits per heavy atom. The van der Waals surface area contributed by atoms with E-state index < -0.39 is 0 Å². The van der Waals surface area contributed by atoms with Crippen LogP contribution in [0.25, 0.3) is 0 Å². The highest BCUT2D eigenvalue weighted by Gasteiger charge is 1.82. The van der Waals surface area contributed by atoms with Gasteiger partial charge in [-0.3, -0.25) is 4.99 Å². The molecule has 0 heterocycles. The van der Waals surface area contributed by atoms with Crippen LogP contribution in [0.5, 0.6) is 0 Å². The monoisotopic (exact) mass is 158 g/mol. The zero-order valence-electron chi connectivity index (χ0n) is 6.72. The summed E-state index contributed by atoms with van der Waals surface area (Å²) in [7, 11) is 0. The van der Waals surface area contributed by atoms with Gasteiger partial charge in [0, 0.05) is 0 Å². The van der Waals surface area contributed by atoms with E-state index in [1.807, 2.05) is 26.2 Å². The molecule has 0 saturated carbocycles. The van der Waals surface area contributed by atoms with Crippen molar-refractivity contribution in [2.75, 3.05) is 12.8 Å². The normalized spacial score (nSPS) is 11.3. The first-order valence-electron chi connectivity index (χ1n) is 3.14. The molecule has 0 unspecified atom stereocenters. The molecule has 0 aliphatic carbocycles. The number of hydrogen-bond donors (Lipinski definition) is 1. The molecule has 0 amide bonds. The van der Waals surface area contributed by atoms with Crippen LogP contribution in [0.2, 0.25) is 0 Å². The van der Waals surface area contributed by atoms with Gasteiger partial charge in [0.2, 0.25) is 0 Å². The molecule has 0 bridgehead atoms. The summed E-state index contributed by atoms with van der Waals surface area (Å²) in [6.45, 7) is 4.80. The Hall–Kier alpha value is -0.440. The number of nitrogens with zero attached hydrogens (tertiary/aromatic N) is 1. The Morgan fingerprint density at radius 3 is 2.60 bits per heavy atom. The molecule has 0 atom stereocenters. The summed E-state index contributed by atoms with van der Waals surface area (Å²) in [5.41, 5.74) is 6.72. The summed E-state index contributed by atoms with van der Waals surface area (Å²) in [4.78, 5) is 4.06. The van der Waals surface area contributed by atoms with Crippen LogP contribution in [0.3, 0.4) is 0 Å². The summed E-state index contributed by atoms with van der Waals surface area (Å²) >= 11 is 1.47. The predicted molar refractivity (Wildman–Crippen MR) is 49.4 cm³/mol. The Kier molecular flexibility index (Phi) is 5.12. The first-order chi connectivity index (χ1) is 4.66. The fourth-order valence-corrected chi connectivity index (χ4v) is 0.586. The van der Waals surface area contributed by atoms with Crippen molar-refractivity contribution in [2.45, 2.75) is 13.8 Å². The third-order valence-corrected chi connectivity index (χ3v) is 1.50. The molecule has 3 heteroatoms. The summed E-state index contributed by atoms with van der Waals surface area (Å²) < 4.78 is 0. The van der Waals surface area contributed by atoms with Gasteiger partial charge < -0.3 is 5.73 Å². The van der Waals surface area contributed by atoms with Gasteiger partial charge in [-0.2, -0.15) is 0 Å². The van der Waals surface area contributed by atoms with Crippen LogP contribution in [-0.4, -0.2) is 18.0 Å². The van der Waals surface area contributed by atoms with E-state index >= 15 is 0 Å². The molecule has 0 fully saturated rings. The van der Waals surface area contributed by atoms with Gasteiger partial charge in [-0.25, -0.2) is 0 Å². The zero-order chi connectivity index (χ0) is 7.98. The van der Waals surface area contributed by atoms with Gasteiger partial charge in [0.1, 0.15) is 0 Å². The van der Waals surface area contributed by atoms with Crippen molar-refractivity contribution in [2.24, 2.45) is 10.7 Å². The Morgan fingerprint density at radius 2 is 2.20 bits per heavy atom. The number of amidine groups is 1. The largest absolute Gasteiger partial charge is 0.379 e. The van der Waals surface area contributed by atoms with E-state index in [9.17, 15) is 0 Å². The van der Waals surface area contributed by atoms with E-state index in [0.717, 1.165) is 0 Å². The minimum atomic E-state index is 0.650. The van der Waals surface area contributed by atoms with Crippen molar-refractivity contribution in [1.82, 2.24) is 0 Å². The van der Waals surface area contributed by atoms with Crippen LogP contribution in [0.4, 0.5) is 0 Å². The van der Waals surface area contributed by atoms with Crippen molar-refractivity contribution >= 4 is 16.9 Å². The molecule has 10 heavy (non-hydrogen) atoms. The smallest absolute Gasteiger partial charge is 0.153 e. The van der Waals surface area contributed by atoms with E-state index in [1.165, 1.54) is 17.3 Å². The number of rotatable bonds is 2. The lowest BCUT2D eigenvalue weighted by Crippen LogP contribution is -2.05. The number of nitrogens with two attached hydrogens (primary N) is 1. The van der Waals surface area contributed by atoms with Gasteiger partial charge in [-0.05, 0) is 20.1 Å². The lowest BCUT2D eigenvalue weighted by Gasteiger charge is -1.91. The first kappa shape index (κ1) is 9.56. The number of allylic oxidation sites excluding steroid dienone is 1. The summed E-state index contributed by atoms with van der Waals surface area (Å²) in [5, 5.41) is 0.650. The van der Waals surface area contributed by atoms with E-state index in [2.05, 4.69) is 4.99 Å². The van der Waals surface area contributed by atoms with Crippen LogP contribution < -0.4 is 5.73 Å². The van der Waals surface area contributed by atoms with Crippen LogP contribution in [0, 0.1) is 0 Å². The van der Waals surface area contributed by atoms with Crippen LogP contribution in [0.1, 0.15) is 13.8 Å². The quantitative estimate of drug-likeness (QED) is 0.377. The minimum Gasteiger partial charge on any atom is -0.379 e. The van der Waals surface area contributed by atoms with E-state index in [1.54, 1.807) is 0 Å². The molecule has 2 N–H and O–H groups in total. The van der Waals surface area contributed by atoms with Crippen molar-refractivity contribution < 1.29 is 0 Å². The lowest BCUT2D eigenvalue weighted by atomic mass is 10.3. The number of hydrogen-bond acceptors (Lipinski definition) is 2. The van der Waals surface area contributed by atoms with E-state index in [4.69, 9.17) is 5.73 Å². The van der Waals surface area contributed by atoms with E-state index in [0.29, 0.717) is 11.7 Å². The molecule has 58 valence electrons. The lowest BCUT2D eigenvalue weighted by molar-refractivity contribution is 1.20.